The zero-order chi connectivity index (χ0) is 19.1. The molecule has 2 heterocycles. The quantitative estimate of drug-likeness (QED) is 0.684. The standard InChI is InChI=1S/C21H22N4O3.ClH/c22-16-10-14(11-17(16)26)21-23-20(13-4-2-1-3-5-13)24-25(21)15-6-7-18-19(12-15)28-9-8-27-18;/h1-7,12,14,16-17,26H,8-11,22H2;1H/t14-,16-,17-;/m0./s1. The molecule has 1 aliphatic heterocycles. The van der Waals surface area contributed by atoms with Crippen LogP contribution in [0, 0.1) is 0 Å². The molecule has 5 rings (SSSR count). The zero-order valence-corrected chi connectivity index (χ0v) is 16.6. The van der Waals surface area contributed by atoms with Crippen LogP contribution in [0.1, 0.15) is 24.6 Å². The summed E-state index contributed by atoms with van der Waals surface area (Å²) >= 11 is 0. The Morgan fingerprint density at radius 1 is 1.00 bits per heavy atom. The van der Waals surface area contributed by atoms with Crippen molar-refractivity contribution in [2.24, 2.45) is 5.73 Å². The Labute approximate surface area is 174 Å². The molecule has 0 unspecified atom stereocenters. The van der Waals surface area contributed by atoms with Crippen molar-refractivity contribution in [3.05, 3.63) is 54.4 Å². The number of nitrogens with two attached hydrogens (primary N) is 1. The van der Waals surface area contributed by atoms with Gasteiger partial charge in [0.15, 0.2) is 17.3 Å². The van der Waals surface area contributed by atoms with Crippen molar-refractivity contribution in [2.75, 3.05) is 13.2 Å². The number of benzene rings is 2. The van der Waals surface area contributed by atoms with Gasteiger partial charge in [-0.15, -0.1) is 17.5 Å². The Hall–Kier alpha value is -2.61. The molecule has 1 aliphatic carbocycles. The Bertz CT molecular complexity index is 985. The van der Waals surface area contributed by atoms with Crippen LogP contribution in [0.3, 0.4) is 0 Å². The lowest BCUT2D eigenvalue weighted by Gasteiger charge is -2.19. The van der Waals surface area contributed by atoms with Gasteiger partial charge in [-0.1, -0.05) is 30.3 Å². The fraction of sp³-hybridized carbons (Fsp3) is 0.333. The molecule has 29 heavy (non-hydrogen) atoms. The highest BCUT2D eigenvalue weighted by Gasteiger charge is 2.35. The molecule has 3 N–H and O–H groups in total. The predicted octanol–water partition coefficient (Wildman–Crippen LogP) is 2.69. The van der Waals surface area contributed by atoms with E-state index >= 15 is 0 Å². The number of halogens is 1. The molecule has 0 spiro atoms. The van der Waals surface area contributed by atoms with E-state index < -0.39 is 6.10 Å². The van der Waals surface area contributed by atoms with E-state index in [1.165, 1.54) is 0 Å². The van der Waals surface area contributed by atoms with E-state index in [9.17, 15) is 5.11 Å². The molecule has 8 heteroatoms. The highest BCUT2D eigenvalue weighted by Crippen LogP contribution is 2.37. The van der Waals surface area contributed by atoms with Crippen molar-refractivity contribution in [1.29, 1.82) is 0 Å². The van der Waals surface area contributed by atoms with Crippen LogP contribution in [0.15, 0.2) is 48.5 Å². The van der Waals surface area contributed by atoms with Gasteiger partial charge < -0.3 is 20.3 Å². The average molecular weight is 415 g/mol. The second-order valence-corrected chi connectivity index (χ2v) is 7.30. The molecular weight excluding hydrogens is 392 g/mol. The van der Waals surface area contributed by atoms with Crippen molar-refractivity contribution >= 4 is 12.4 Å². The number of nitrogens with zero attached hydrogens (tertiary/aromatic N) is 3. The number of fused-ring (bicyclic) bond motifs is 1. The summed E-state index contributed by atoms with van der Waals surface area (Å²) in [5, 5.41) is 14.9. The molecule has 3 aromatic rings. The van der Waals surface area contributed by atoms with E-state index in [4.69, 9.17) is 25.3 Å². The van der Waals surface area contributed by atoms with Gasteiger partial charge in [0.05, 0.1) is 11.8 Å². The molecule has 2 aromatic carbocycles. The summed E-state index contributed by atoms with van der Waals surface area (Å²) in [6, 6.07) is 15.4. The van der Waals surface area contributed by atoms with Crippen molar-refractivity contribution < 1.29 is 14.6 Å². The molecular formula is C21H23ClN4O3. The van der Waals surface area contributed by atoms with Crippen LogP contribution in [0.2, 0.25) is 0 Å². The molecule has 1 aromatic heterocycles. The molecule has 0 saturated heterocycles. The topological polar surface area (TPSA) is 95.4 Å². The van der Waals surface area contributed by atoms with Gasteiger partial charge in [0.25, 0.3) is 0 Å². The Morgan fingerprint density at radius 3 is 2.48 bits per heavy atom. The van der Waals surface area contributed by atoms with E-state index in [-0.39, 0.29) is 24.4 Å². The zero-order valence-electron chi connectivity index (χ0n) is 15.8. The van der Waals surface area contributed by atoms with Gasteiger partial charge in [0.1, 0.15) is 19.0 Å². The summed E-state index contributed by atoms with van der Waals surface area (Å²) in [5.74, 6) is 2.94. The number of aliphatic hydroxyl groups excluding tert-OH is 1. The maximum absolute atomic E-state index is 10.2. The first-order chi connectivity index (χ1) is 13.7. The van der Waals surface area contributed by atoms with E-state index in [0.29, 0.717) is 37.6 Å². The highest BCUT2D eigenvalue weighted by atomic mass is 35.5. The first kappa shape index (κ1) is 19.7. The van der Waals surface area contributed by atoms with Gasteiger partial charge in [-0.05, 0) is 25.0 Å². The summed E-state index contributed by atoms with van der Waals surface area (Å²) in [4.78, 5) is 4.83. The molecule has 0 amide bonds. The third kappa shape index (κ3) is 3.69. The lowest BCUT2D eigenvalue weighted by molar-refractivity contribution is 0.163. The van der Waals surface area contributed by atoms with Gasteiger partial charge in [-0.2, -0.15) is 0 Å². The number of aliphatic hydroxyl groups is 1. The summed E-state index contributed by atoms with van der Waals surface area (Å²) in [5.41, 5.74) is 7.86. The molecule has 0 radical (unpaired) electrons. The largest absolute Gasteiger partial charge is 0.486 e. The average Bonchev–Trinajstić information content (AvgIpc) is 3.32. The van der Waals surface area contributed by atoms with Crippen LogP contribution < -0.4 is 15.2 Å². The van der Waals surface area contributed by atoms with Gasteiger partial charge >= 0.3 is 0 Å². The fourth-order valence-electron chi connectivity index (χ4n) is 3.91. The SMILES string of the molecule is Cl.N[C@H]1C[C@H](c2nc(-c3ccccc3)nn2-c2ccc3c(c2)OCCO3)C[C@@H]1O. The van der Waals surface area contributed by atoms with Gasteiger partial charge in [0, 0.05) is 23.6 Å². The Morgan fingerprint density at radius 2 is 1.76 bits per heavy atom. The second-order valence-electron chi connectivity index (χ2n) is 7.30. The Balaban J connectivity index is 0.00000205. The summed E-state index contributed by atoms with van der Waals surface area (Å²) < 4.78 is 13.2. The van der Waals surface area contributed by atoms with Gasteiger partial charge in [-0.3, -0.25) is 0 Å². The maximum atomic E-state index is 10.2. The van der Waals surface area contributed by atoms with E-state index in [1.54, 1.807) is 0 Å². The lowest BCUT2D eigenvalue weighted by Crippen LogP contribution is -2.28. The minimum absolute atomic E-state index is 0. The van der Waals surface area contributed by atoms with Crippen LogP contribution in [0.25, 0.3) is 17.1 Å². The van der Waals surface area contributed by atoms with Gasteiger partial charge in [0.2, 0.25) is 0 Å². The second kappa shape index (κ2) is 8.02. The van der Waals surface area contributed by atoms with Crippen LogP contribution in [-0.4, -0.2) is 45.2 Å². The van der Waals surface area contributed by atoms with E-state index in [1.807, 2.05) is 53.2 Å². The number of aromatic nitrogens is 3. The minimum Gasteiger partial charge on any atom is -0.486 e. The summed E-state index contributed by atoms with van der Waals surface area (Å²) in [7, 11) is 0. The molecule has 152 valence electrons. The third-order valence-corrected chi connectivity index (χ3v) is 5.38. The number of ether oxygens (including phenoxy) is 2. The summed E-state index contributed by atoms with van der Waals surface area (Å²) in [6.45, 7) is 1.08. The normalized spacial score (nSPS) is 22.9. The molecule has 7 nitrogen and oxygen atoms in total. The number of rotatable bonds is 3. The fourth-order valence-corrected chi connectivity index (χ4v) is 3.91. The number of hydrogen-bond donors (Lipinski definition) is 2. The van der Waals surface area contributed by atoms with Crippen LogP contribution in [-0.2, 0) is 0 Å². The van der Waals surface area contributed by atoms with Gasteiger partial charge in [-0.25, -0.2) is 9.67 Å². The maximum Gasteiger partial charge on any atom is 0.181 e. The molecule has 3 atom stereocenters. The number of hydrogen-bond acceptors (Lipinski definition) is 6. The lowest BCUT2D eigenvalue weighted by atomic mass is 10.1. The molecule has 1 fully saturated rings. The van der Waals surface area contributed by atoms with Crippen LogP contribution >= 0.6 is 12.4 Å². The first-order valence-electron chi connectivity index (χ1n) is 9.55. The van der Waals surface area contributed by atoms with Crippen molar-refractivity contribution in [3.8, 4) is 28.6 Å². The minimum atomic E-state index is -0.518. The molecule has 1 saturated carbocycles. The van der Waals surface area contributed by atoms with E-state index in [0.717, 1.165) is 22.8 Å². The van der Waals surface area contributed by atoms with Crippen LogP contribution in [0.4, 0.5) is 0 Å². The first-order valence-corrected chi connectivity index (χ1v) is 9.55. The smallest absolute Gasteiger partial charge is 0.181 e. The Kier molecular flexibility index (Phi) is 5.45. The van der Waals surface area contributed by atoms with Crippen molar-refractivity contribution in [3.63, 3.8) is 0 Å². The van der Waals surface area contributed by atoms with Crippen molar-refractivity contribution in [2.45, 2.75) is 30.9 Å². The monoisotopic (exact) mass is 414 g/mol. The van der Waals surface area contributed by atoms with Crippen LogP contribution in [0.5, 0.6) is 11.5 Å². The predicted molar refractivity (Wildman–Crippen MR) is 111 cm³/mol. The third-order valence-electron chi connectivity index (χ3n) is 5.38. The summed E-state index contributed by atoms with van der Waals surface area (Å²) in [6.07, 6.45) is 0.743. The molecule has 2 aliphatic rings. The van der Waals surface area contributed by atoms with E-state index in [2.05, 4.69) is 0 Å². The van der Waals surface area contributed by atoms with Crippen molar-refractivity contribution in [1.82, 2.24) is 14.8 Å². The molecule has 0 bridgehead atoms. The highest BCUT2D eigenvalue weighted by molar-refractivity contribution is 5.85.